The van der Waals surface area contributed by atoms with Crippen molar-refractivity contribution < 1.29 is 9.47 Å². The Hall–Kier alpha value is -2.36. The highest BCUT2D eigenvalue weighted by Crippen LogP contribution is 2.41. The zero-order chi connectivity index (χ0) is 19.1. The van der Waals surface area contributed by atoms with Gasteiger partial charge >= 0.3 is 0 Å². The molecule has 0 radical (unpaired) electrons. The second-order valence-corrected chi connectivity index (χ2v) is 6.79. The summed E-state index contributed by atoms with van der Waals surface area (Å²) in [5, 5.41) is 0. The van der Waals surface area contributed by atoms with E-state index in [9.17, 15) is 0 Å². The molecular formula is C22H32N2O2. The molecule has 1 unspecified atom stereocenters. The number of anilines is 2. The van der Waals surface area contributed by atoms with Crippen molar-refractivity contribution in [2.75, 3.05) is 25.7 Å². The van der Waals surface area contributed by atoms with Crippen LogP contribution >= 0.6 is 0 Å². The zero-order valence-corrected chi connectivity index (χ0v) is 16.4. The maximum Gasteiger partial charge on any atom is 0.142 e. The molecule has 142 valence electrons. The molecule has 0 aliphatic carbocycles. The smallest absolute Gasteiger partial charge is 0.142 e. The Morgan fingerprint density at radius 1 is 0.846 bits per heavy atom. The standard InChI is InChI=1S/C22H32N2O2/c1-5-7-8-15(6-2)22(16-9-11-18(23)20(13-16)25-3)17-10-12-19(24)21(14-17)26-4/h9-15,22H,5-8,23-24H2,1-4H3. The fourth-order valence-corrected chi connectivity index (χ4v) is 3.65. The Kier molecular flexibility index (Phi) is 7.19. The van der Waals surface area contributed by atoms with Gasteiger partial charge in [0.25, 0.3) is 0 Å². The molecule has 4 N–H and O–H groups in total. The van der Waals surface area contributed by atoms with Crippen LogP contribution in [0.15, 0.2) is 36.4 Å². The molecule has 0 aliphatic heterocycles. The monoisotopic (exact) mass is 356 g/mol. The average molecular weight is 357 g/mol. The van der Waals surface area contributed by atoms with E-state index in [0.29, 0.717) is 17.3 Å². The molecule has 1 atom stereocenters. The van der Waals surface area contributed by atoms with E-state index in [1.807, 2.05) is 12.1 Å². The first kappa shape index (κ1) is 20.0. The second-order valence-electron chi connectivity index (χ2n) is 6.79. The van der Waals surface area contributed by atoms with E-state index in [1.54, 1.807) is 14.2 Å². The van der Waals surface area contributed by atoms with Crippen molar-refractivity contribution in [2.24, 2.45) is 5.92 Å². The number of unbranched alkanes of at least 4 members (excludes halogenated alkanes) is 1. The number of rotatable bonds is 9. The van der Waals surface area contributed by atoms with Crippen LogP contribution in [-0.2, 0) is 0 Å². The normalized spacial score (nSPS) is 12.2. The summed E-state index contributed by atoms with van der Waals surface area (Å²) < 4.78 is 10.9. The topological polar surface area (TPSA) is 70.5 Å². The molecular weight excluding hydrogens is 324 g/mol. The van der Waals surface area contributed by atoms with Crippen molar-refractivity contribution in [3.63, 3.8) is 0 Å². The molecule has 0 fully saturated rings. The van der Waals surface area contributed by atoms with E-state index in [1.165, 1.54) is 30.4 Å². The van der Waals surface area contributed by atoms with Gasteiger partial charge in [-0.25, -0.2) is 0 Å². The number of nitrogens with two attached hydrogens (primary N) is 2. The van der Waals surface area contributed by atoms with Gasteiger partial charge in [-0.3, -0.25) is 0 Å². The Balaban J connectivity index is 2.54. The van der Waals surface area contributed by atoms with Gasteiger partial charge in [0.2, 0.25) is 0 Å². The second kappa shape index (κ2) is 9.37. The van der Waals surface area contributed by atoms with Crippen molar-refractivity contribution in [2.45, 2.75) is 45.4 Å². The molecule has 26 heavy (non-hydrogen) atoms. The van der Waals surface area contributed by atoms with Gasteiger partial charge in [-0.2, -0.15) is 0 Å². The van der Waals surface area contributed by atoms with Gasteiger partial charge < -0.3 is 20.9 Å². The van der Waals surface area contributed by atoms with E-state index in [4.69, 9.17) is 20.9 Å². The minimum Gasteiger partial charge on any atom is -0.495 e. The number of hydrogen-bond acceptors (Lipinski definition) is 4. The van der Waals surface area contributed by atoms with Crippen molar-refractivity contribution in [1.29, 1.82) is 0 Å². The molecule has 4 heteroatoms. The van der Waals surface area contributed by atoms with Crippen molar-refractivity contribution >= 4 is 11.4 Å². The first-order chi connectivity index (χ1) is 12.5. The molecule has 0 spiro atoms. The van der Waals surface area contributed by atoms with Gasteiger partial charge in [0.15, 0.2) is 0 Å². The molecule has 2 rings (SSSR count). The minimum atomic E-state index is 0.246. The highest BCUT2D eigenvalue weighted by atomic mass is 16.5. The number of nitrogen functional groups attached to an aromatic ring is 2. The fraction of sp³-hybridized carbons (Fsp3) is 0.455. The maximum absolute atomic E-state index is 6.03. The molecule has 0 saturated heterocycles. The van der Waals surface area contributed by atoms with Crippen molar-refractivity contribution in [3.05, 3.63) is 47.5 Å². The van der Waals surface area contributed by atoms with Crippen LogP contribution in [0.3, 0.4) is 0 Å². The highest BCUT2D eigenvalue weighted by Gasteiger charge is 2.25. The van der Waals surface area contributed by atoms with E-state index in [0.717, 1.165) is 17.9 Å². The van der Waals surface area contributed by atoms with Gasteiger partial charge in [0.1, 0.15) is 11.5 Å². The van der Waals surface area contributed by atoms with Crippen LogP contribution in [0.4, 0.5) is 11.4 Å². The summed E-state index contributed by atoms with van der Waals surface area (Å²) in [6.07, 6.45) is 4.69. The Bertz CT molecular complexity index is 662. The molecule has 0 amide bonds. The third kappa shape index (κ3) is 4.43. The van der Waals surface area contributed by atoms with Crippen molar-refractivity contribution in [1.82, 2.24) is 0 Å². The van der Waals surface area contributed by atoms with Crippen LogP contribution in [0.5, 0.6) is 11.5 Å². The summed E-state index contributed by atoms with van der Waals surface area (Å²) in [4.78, 5) is 0. The number of ether oxygens (including phenoxy) is 2. The van der Waals surface area contributed by atoms with Crippen molar-refractivity contribution in [3.8, 4) is 11.5 Å². The molecule has 0 saturated carbocycles. The lowest BCUT2D eigenvalue weighted by atomic mass is 9.77. The summed E-state index contributed by atoms with van der Waals surface area (Å²) in [5.74, 6) is 2.22. The Morgan fingerprint density at radius 3 is 1.73 bits per heavy atom. The Morgan fingerprint density at radius 2 is 1.35 bits per heavy atom. The Labute approximate surface area is 157 Å². The summed E-state index contributed by atoms with van der Waals surface area (Å²) in [7, 11) is 3.32. The summed E-state index contributed by atoms with van der Waals surface area (Å²) in [6, 6.07) is 12.2. The van der Waals surface area contributed by atoms with Crippen LogP contribution < -0.4 is 20.9 Å². The van der Waals surface area contributed by atoms with Gasteiger partial charge in [-0.05, 0) is 47.7 Å². The van der Waals surface area contributed by atoms with Gasteiger partial charge in [0.05, 0.1) is 25.6 Å². The average Bonchev–Trinajstić information content (AvgIpc) is 2.66. The van der Waals surface area contributed by atoms with E-state index in [2.05, 4.69) is 38.1 Å². The van der Waals surface area contributed by atoms with Gasteiger partial charge in [-0.15, -0.1) is 0 Å². The molecule has 0 aliphatic rings. The number of hydrogen-bond donors (Lipinski definition) is 2. The molecule has 2 aromatic carbocycles. The lowest BCUT2D eigenvalue weighted by Crippen LogP contribution is -2.15. The third-order valence-corrected chi connectivity index (χ3v) is 5.16. The van der Waals surface area contributed by atoms with E-state index < -0.39 is 0 Å². The fourth-order valence-electron chi connectivity index (χ4n) is 3.65. The van der Waals surface area contributed by atoms with E-state index in [-0.39, 0.29) is 5.92 Å². The first-order valence-corrected chi connectivity index (χ1v) is 9.42. The van der Waals surface area contributed by atoms with Gasteiger partial charge in [-0.1, -0.05) is 45.2 Å². The van der Waals surface area contributed by atoms with Crippen LogP contribution in [0.2, 0.25) is 0 Å². The predicted octanol–water partition coefficient (Wildman–Crippen LogP) is 5.22. The largest absolute Gasteiger partial charge is 0.495 e. The quantitative estimate of drug-likeness (QED) is 0.605. The number of methoxy groups -OCH3 is 2. The third-order valence-electron chi connectivity index (χ3n) is 5.16. The highest BCUT2D eigenvalue weighted by molar-refractivity contribution is 5.58. The maximum atomic E-state index is 6.03. The van der Waals surface area contributed by atoms with Crippen LogP contribution in [0.25, 0.3) is 0 Å². The number of benzene rings is 2. The molecule has 0 heterocycles. The van der Waals surface area contributed by atoms with Gasteiger partial charge in [0, 0.05) is 5.92 Å². The molecule has 4 nitrogen and oxygen atoms in total. The molecule has 0 aromatic heterocycles. The minimum absolute atomic E-state index is 0.246. The summed E-state index contributed by atoms with van der Waals surface area (Å²) >= 11 is 0. The van der Waals surface area contributed by atoms with Crippen LogP contribution in [0, 0.1) is 5.92 Å². The van der Waals surface area contributed by atoms with Crippen LogP contribution in [-0.4, -0.2) is 14.2 Å². The predicted molar refractivity (Wildman–Crippen MR) is 110 cm³/mol. The first-order valence-electron chi connectivity index (χ1n) is 9.42. The zero-order valence-electron chi connectivity index (χ0n) is 16.4. The lowest BCUT2D eigenvalue weighted by Gasteiger charge is -2.28. The SMILES string of the molecule is CCCCC(CC)C(c1ccc(N)c(OC)c1)c1ccc(N)c(OC)c1. The summed E-state index contributed by atoms with van der Waals surface area (Å²) in [5.41, 5.74) is 15.8. The summed E-state index contributed by atoms with van der Waals surface area (Å²) in [6.45, 7) is 4.50. The lowest BCUT2D eigenvalue weighted by molar-refractivity contribution is 0.395. The molecule has 0 bridgehead atoms. The van der Waals surface area contributed by atoms with E-state index >= 15 is 0 Å². The van der Waals surface area contributed by atoms with Crippen LogP contribution in [0.1, 0.15) is 56.6 Å². The molecule has 2 aromatic rings.